The number of aliphatic hydroxyl groups excluding tert-OH is 2. The van der Waals surface area contributed by atoms with Gasteiger partial charge in [-0.1, -0.05) is 92.6 Å². The van der Waals surface area contributed by atoms with Crippen molar-refractivity contribution < 1.29 is 34.8 Å². The lowest BCUT2D eigenvalue weighted by Crippen LogP contribution is -2.67. The summed E-state index contributed by atoms with van der Waals surface area (Å²) in [5.74, 6) is -4.93. The molecule has 1 unspecified atom stereocenters. The summed E-state index contributed by atoms with van der Waals surface area (Å²) in [6.07, 6.45) is 2.39. The molecule has 7 heteroatoms. The average molecular weight is 657 g/mol. The highest BCUT2D eigenvalue weighted by Gasteiger charge is 2.71. The number of Topliss-reactive ketones (excluding diaryl/α,β-unsaturated/α-hetero) is 3. The van der Waals surface area contributed by atoms with Crippen molar-refractivity contribution in [3.63, 3.8) is 0 Å². The predicted molar refractivity (Wildman–Crippen MR) is 186 cm³/mol. The molecule has 0 aromatic heterocycles. The molecule has 3 aliphatic rings. The third-order valence-electron chi connectivity index (χ3n) is 11.2. The molecule has 0 heterocycles. The van der Waals surface area contributed by atoms with E-state index >= 15 is 0 Å². The minimum atomic E-state index is -2.62. The average Bonchev–Trinajstić information content (AvgIpc) is 2.94. The van der Waals surface area contributed by atoms with E-state index in [9.17, 15) is 34.8 Å². The number of carbonyl (C=O) groups excluding carboxylic acids is 3. The van der Waals surface area contributed by atoms with E-state index < -0.39 is 51.0 Å². The molecule has 0 aliphatic heterocycles. The molecule has 2 aromatic carbocycles. The number of ketones is 3. The Kier molecular flexibility index (Phi) is 8.69. The lowest BCUT2D eigenvalue weighted by atomic mass is 9.44. The summed E-state index contributed by atoms with van der Waals surface area (Å²) >= 11 is 0. The van der Waals surface area contributed by atoms with Gasteiger partial charge >= 0.3 is 0 Å². The van der Waals surface area contributed by atoms with E-state index in [2.05, 4.69) is 32.9 Å². The van der Waals surface area contributed by atoms with Gasteiger partial charge in [-0.2, -0.15) is 0 Å². The third kappa shape index (κ3) is 5.24. The third-order valence-corrected chi connectivity index (χ3v) is 11.2. The number of hydrogen-bond acceptors (Lipinski definition) is 7. The van der Waals surface area contributed by atoms with Crippen molar-refractivity contribution in [3.05, 3.63) is 86.4 Å². The van der Waals surface area contributed by atoms with Crippen LogP contribution in [0.5, 0.6) is 5.75 Å². The first-order valence-electron chi connectivity index (χ1n) is 17.2. The highest BCUT2D eigenvalue weighted by Crippen LogP contribution is 2.65. The zero-order chi connectivity index (χ0) is 35.9. The van der Waals surface area contributed by atoms with Gasteiger partial charge in [-0.3, -0.25) is 14.4 Å². The Morgan fingerprint density at radius 3 is 2.08 bits per heavy atom. The summed E-state index contributed by atoms with van der Waals surface area (Å²) < 4.78 is 0. The van der Waals surface area contributed by atoms with Crippen LogP contribution in [0.15, 0.2) is 53.0 Å². The summed E-state index contributed by atoms with van der Waals surface area (Å²) in [5, 5.41) is 47.6. The van der Waals surface area contributed by atoms with Crippen LogP contribution in [-0.4, -0.2) is 43.4 Å². The fourth-order valence-corrected chi connectivity index (χ4v) is 9.41. The van der Waals surface area contributed by atoms with Crippen molar-refractivity contribution in [3.8, 4) is 5.75 Å². The number of fused-ring (bicyclic) bond motifs is 3. The molecule has 4 N–H and O–H groups in total. The second kappa shape index (κ2) is 11.7. The van der Waals surface area contributed by atoms with Crippen LogP contribution in [0.25, 0.3) is 0 Å². The van der Waals surface area contributed by atoms with Crippen molar-refractivity contribution in [2.45, 2.75) is 113 Å². The molecule has 0 radical (unpaired) electrons. The minimum Gasteiger partial charge on any atom is -0.511 e. The maximum Gasteiger partial charge on any atom is 0.209 e. The number of benzene rings is 2. The van der Waals surface area contributed by atoms with Gasteiger partial charge in [0.1, 0.15) is 22.8 Å². The van der Waals surface area contributed by atoms with Gasteiger partial charge in [0.15, 0.2) is 17.2 Å². The molecule has 0 bridgehead atoms. The number of allylic oxidation sites excluding steroid dienone is 2. The summed E-state index contributed by atoms with van der Waals surface area (Å²) in [5.41, 5.74) is -0.904. The lowest BCUT2D eigenvalue weighted by molar-refractivity contribution is -0.171. The standard InChI is InChI=1S/C41H52O7/c1-21(2)27-17-25(16-15-24-13-11-12-14-26(24)18-38(6,7)8)33(43)30-28(27)19-39(9)20-40(10)31(22(3)4)34(44)29(23(5)42)36(46)41(40,48)37(47)32(39)35(30)45/h11-14,17,21-22,31,43-44,47-48H,15-16,18-20H2,1-10H3/t31?,39-,40-,41+/m1/s1. The smallest absolute Gasteiger partial charge is 0.209 e. The normalized spacial score (nSPS) is 27.4. The van der Waals surface area contributed by atoms with E-state index in [0.29, 0.717) is 24.0 Å². The minimum absolute atomic E-state index is 0.0164. The van der Waals surface area contributed by atoms with E-state index in [1.165, 1.54) is 11.1 Å². The Labute approximate surface area is 284 Å². The van der Waals surface area contributed by atoms with Gasteiger partial charge in [-0.15, -0.1) is 0 Å². The van der Waals surface area contributed by atoms with Crippen molar-refractivity contribution in [1.29, 1.82) is 0 Å². The molecule has 0 saturated carbocycles. The van der Waals surface area contributed by atoms with E-state index in [-0.39, 0.29) is 52.7 Å². The number of phenols is 1. The number of aryl methyl sites for hydroxylation is 2. The van der Waals surface area contributed by atoms with Crippen LogP contribution in [0, 0.1) is 28.1 Å². The van der Waals surface area contributed by atoms with Gasteiger partial charge in [-0.05, 0) is 84.1 Å². The second-order valence-electron chi connectivity index (χ2n) is 16.9. The van der Waals surface area contributed by atoms with E-state index in [0.717, 1.165) is 18.9 Å². The zero-order valence-electron chi connectivity index (χ0n) is 30.2. The maximum absolute atomic E-state index is 14.7. The number of aromatic hydroxyl groups is 1. The Morgan fingerprint density at radius 1 is 0.958 bits per heavy atom. The van der Waals surface area contributed by atoms with E-state index in [1.54, 1.807) is 6.92 Å². The first-order chi connectivity index (χ1) is 22.1. The van der Waals surface area contributed by atoms with Crippen LogP contribution in [0.2, 0.25) is 0 Å². The topological polar surface area (TPSA) is 132 Å². The van der Waals surface area contributed by atoms with Crippen LogP contribution in [-0.2, 0) is 35.3 Å². The molecule has 0 fully saturated rings. The van der Waals surface area contributed by atoms with Gasteiger partial charge in [0.05, 0.1) is 5.56 Å². The number of carbonyl (C=O) groups is 3. The van der Waals surface area contributed by atoms with Crippen LogP contribution in [0.1, 0.15) is 120 Å². The fraction of sp³-hybridized carbons (Fsp3) is 0.537. The molecule has 4 atom stereocenters. The monoisotopic (exact) mass is 656 g/mol. The first kappa shape index (κ1) is 35.6. The Hall–Kier alpha value is -3.71. The van der Waals surface area contributed by atoms with Gasteiger partial charge < -0.3 is 20.4 Å². The second-order valence-corrected chi connectivity index (χ2v) is 16.9. The Balaban J connectivity index is 1.68. The summed E-state index contributed by atoms with van der Waals surface area (Å²) in [7, 11) is 0. The van der Waals surface area contributed by atoms with Gasteiger partial charge in [0, 0.05) is 22.3 Å². The molecular formula is C41H52O7. The Bertz CT molecular complexity index is 1780. The van der Waals surface area contributed by atoms with Crippen LogP contribution >= 0.6 is 0 Å². The molecule has 7 nitrogen and oxygen atoms in total. The maximum atomic E-state index is 14.7. The summed E-state index contributed by atoms with van der Waals surface area (Å²) in [4.78, 5) is 41.4. The number of hydrogen-bond donors (Lipinski definition) is 4. The molecule has 0 amide bonds. The summed E-state index contributed by atoms with van der Waals surface area (Å²) in [6.45, 7) is 19.0. The van der Waals surface area contributed by atoms with E-state index in [1.807, 2.05) is 52.8 Å². The van der Waals surface area contributed by atoms with Crippen molar-refractivity contribution in [1.82, 2.24) is 0 Å². The van der Waals surface area contributed by atoms with Crippen molar-refractivity contribution in [2.24, 2.45) is 28.1 Å². The highest BCUT2D eigenvalue weighted by molar-refractivity contribution is 6.25. The van der Waals surface area contributed by atoms with E-state index in [4.69, 9.17) is 0 Å². The molecule has 2 aromatic rings. The molecule has 0 saturated heterocycles. The molecule has 0 spiro atoms. The van der Waals surface area contributed by atoms with Crippen molar-refractivity contribution in [2.75, 3.05) is 0 Å². The van der Waals surface area contributed by atoms with Gasteiger partial charge in [0.2, 0.25) is 5.78 Å². The van der Waals surface area contributed by atoms with Crippen LogP contribution in [0.3, 0.4) is 0 Å². The summed E-state index contributed by atoms with van der Waals surface area (Å²) in [6, 6.07) is 10.3. The number of rotatable bonds is 7. The van der Waals surface area contributed by atoms with Gasteiger partial charge in [0.25, 0.3) is 0 Å². The quantitative estimate of drug-likeness (QED) is 0.223. The fourth-order valence-electron chi connectivity index (χ4n) is 9.41. The zero-order valence-corrected chi connectivity index (χ0v) is 30.2. The molecule has 48 heavy (non-hydrogen) atoms. The molecule has 5 rings (SSSR count). The number of aliphatic hydroxyl groups is 3. The molecule has 3 aliphatic carbocycles. The number of phenolic OH excluding ortho intramolecular Hbond substituents is 1. The lowest BCUT2D eigenvalue weighted by Gasteiger charge is -2.59. The van der Waals surface area contributed by atoms with Crippen molar-refractivity contribution >= 4 is 17.3 Å². The Morgan fingerprint density at radius 2 is 1.54 bits per heavy atom. The largest absolute Gasteiger partial charge is 0.511 e. The van der Waals surface area contributed by atoms with Crippen LogP contribution < -0.4 is 0 Å². The first-order valence-corrected chi connectivity index (χ1v) is 17.2. The SMILES string of the molecule is CC(=O)C1=C(O)C(C(C)C)[C@@]2(C)C[C@@]3(C)Cc4c(C(C)C)cc(CCc5ccccc5CC(C)(C)C)c(O)c4C(=O)C3=C(O)[C@@]2(O)C1=O. The molecular weight excluding hydrogens is 604 g/mol. The predicted octanol–water partition coefficient (Wildman–Crippen LogP) is 7.84. The highest BCUT2D eigenvalue weighted by atomic mass is 16.3. The molecule has 258 valence electrons. The van der Waals surface area contributed by atoms with Gasteiger partial charge in [-0.25, -0.2) is 0 Å². The van der Waals surface area contributed by atoms with Crippen LogP contribution in [0.4, 0.5) is 0 Å².